The van der Waals surface area contributed by atoms with Crippen LogP contribution in [0.3, 0.4) is 0 Å². The summed E-state index contributed by atoms with van der Waals surface area (Å²) in [5, 5.41) is 9.27. The topological polar surface area (TPSA) is 114 Å². The molecule has 0 spiro atoms. The molecule has 33 heavy (non-hydrogen) atoms. The molecule has 3 rings (SSSR count). The Morgan fingerprint density at radius 2 is 1.70 bits per heavy atom. The molecule has 1 saturated heterocycles. The average molecular weight is 479 g/mol. The zero-order chi connectivity index (χ0) is 23.9. The second-order valence-corrected chi connectivity index (χ2v) is 10.4. The van der Waals surface area contributed by atoms with E-state index in [2.05, 4.69) is 4.90 Å². The molecule has 0 aromatic heterocycles. The van der Waals surface area contributed by atoms with Crippen molar-refractivity contribution in [2.45, 2.75) is 23.0 Å². The van der Waals surface area contributed by atoms with Gasteiger partial charge in [0.2, 0.25) is 0 Å². The molecule has 2 N–H and O–H groups in total. The van der Waals surface area contributed by atoms with Crippen LogP contribution in [0.2, 0.25) is 0 Å². The Labute approximate surface area is 194 Å². The van der Waals surface area contributed by atoms with Crippen LogP contribution in [0.4, 0.5) is 0 Å². The zero-order valence-electron chi connectivity index (χ0n) is 18.8. The number of amides is 1. The van der Waals surface area contributed by atoms with Crippen molar-refractivity contribution in [2.75, 3.05) is 46.6 Å². The van der Waals surface area contributed by atoms with Crippen molar-refractivity contribution in [1.82, 2.24) is 10.4 Å². The standard InChI is InChI=1S/C23H30N2O7S/c1-23(22(26)24-27,33(28,29)21-9-7-19(30-2)8-10-21)17-18-3-5-20(6-4-18)32-16-13-25-11-14-31-15-12-25/h3-10,27H,11-17H2,1-2H3,(H,24,26)/t23-/m1/s1. The van der Waals surface area contributed by atoms with Crippen LogP contribution in [0.25, 0.3) is 0 Å². The van der Waals surface area contributed by atoms with E-state index in [1.165, 1.54) is 43.8 Å². The number of nitrogens with zero attached hydrogens (tertiary/aromatic N) is 1. The first-order chi connectivity index (χ1) is 15.8. The van der Waals surface area contributed by atoms with Crippen LogP contribution in [0.1, 0.15) is 12.5 Å². The molecule has 2 aromatic carbocycles. The molecule has 9 nitrogen and oxygen atoms in total. The van der Waals surface area contributed by atoms with Crippen LogP contribution < -0.4 is 15.0 Å². The number of hydrogen-bond acceptors (Lipinski definition) is 8. The van der Waals surface area contributed by atoms with Gasteiger partial charge in [0.1, 0.15) is 18.1 Å². The highest BCUT2D eigenvalue weighted by atomic mass is 32.2. The maximum atomic E-state index is 13.4. The third kappa shape index (κ3) is 5.83. The van der Waals surface area contributed by atoms with E-state index in [1.807, 2.05) is 0 Å². The minimum absolute atomic E-state index is 0.0440. The van der Waals surface area contributed by atoms with Crippen LogP contribution in [0, 0.1) is 0 Å². The number of sulfone groups is 1. The van der Waals surface area contributed by atoms with Crippen LogP contribution >= 0.6 is 0 Å². The molecule has 1 heterocycles. The molecule has 10 heteroatoms. The molecule has 1 aliphatic heterocycles. The fourth-order valence-corrected chi connectivity index (χ4v) is 5.30. The molecule has 1 amide bonds. The van der Waals surface area contributed by atoms with Crippen molar-refractivity contribution >= 4 is 15.7 Å². The van der Waals surface area contributed by atoms with Crippen molar-refractivity contribution in [3.8, 4) is 11.5 Å². The van der Waals surface area contributed by atoms with E-state index < -0.39 is 20.5 Å². The number of nitrogens with one attached hydrogen (secondary N) is 1. The van der Waals surface area contributed by atoms with Crippen LogP contribution in [-0.2, 0) is 25.8 Å². The second-order valence-electron chi connectivity index (χ2n) is 7.97. The number of methoxy groups -OCH3 is 1. The Bertz CT molecular complexity index is 1020. The molecule has 2 aromatic rings. The lowest BCUT2D eigenvalue weighted by Crippen LogP contribution is -2.51. The SMILES string of the molecule is COc1ccc(S(=O)(=O)[C@](C)(Cc2ccc(OCCN3CCOCC3)cc2)C(=O)NO)cc1. The van der Waals surface area contributed by atoms with Crippen LogP contribution in [0.15, 0.2) is 53.4 Å². The predicted octanol–water partition coefficient (Wildman–Crippen LogP) is 1.69. The van der Waals surface area contributed by atoms with Gasteiger partial charge < -0.3 is 14.2 Å². The van der Waals surface area contributed by atoms with Gasteiger partial charge in [0, 0.05) is 26.1 Å². The smallest absolute Gasteiger partial charge is 0.265 e. The maximum Gasteiger partial charge on any atom is 0.265 e. The Morgan fingerprint density at radius 3 is 2.27 bits per heavy atom. The second kappa shape index (κ2) is 11.0. The summed E-state index contributed by atoms with van der Waals surface area (Å²) in [7, 11) is -2.67. The minimum atomic E-state index is -4.15. The van der Waals surface area contributed by atoms with Crippen molar-refractivity contribution in [2.24, 2.45) is 0 Å². The largest absolute Gasteiger partial charge is 0.497 e. The van der Waals surface area contributed by atoms with E-state index in [1.54, 1.807) is 24.3 Å². The van der Waals surface area contributed by atoms with Crippen LogP contribution in [0.5, 0.6) is 11.5 Å². The predicted molar refractivity (Wildman–Crippen MR) is 121 cm³/mol. The third-order valence-corrected chi connectivity index (χ3v) is 8.20. The number of hydroxylamine groups is 1. The molecule has 1 aliphatic rings. The molecular formula is C23H30N2O7S. The first-order valence-corrected chi connectivity index (χ1v) is 12.1. The first-order valence-electron chi connectivity index (χ1n) is 10.7. The molecule has 0 radical (unpaired) electrons. The van der Waals surface area contributed by atoms with Gasteiger partial charge in [-0.2, -0.15) is 0 Å². The summed E-state index contributed by atoms with van der Waals surface area (Å²) >= 11 is 0. The van der Waals surface area contributed by atoms with Gasteiger partial charge in [-0.15, -0.1) is 0 Å². The summed E-state index contributed by atoms with van der Waals surface area (Å²) in [6, 6.07) is 12.7. The van der Waals surface area contributed by atoms with E-state index in [4.69, 9.17) is 14.2 Å². The van der Waals surface area contributed by atoms with Crippen LogP contribution in [-0.4, -0.2) is 75.7 Å². The summed E-state index contributed by atoms with van der Waals surface area (Å²) in [5.41, 5.74) is 2.12. The van der Waals surface area contributed by atoms with E-state index in [-0.39, 0.29) is 11.3 Å². The quantitative estimate of drug-likeness (QED) is 0.392. The summed E-state index contributed by atoms with van der Waals surface area (Å²) in [6.45, 7) is 5.84. The van der Waals surface area contributed by atoms with Gasteiger partial charge in [-0.3, -0.25) is 14.9 Å². The third-order valence-electron chi connectivity index (χ3n) is 5.79. The highest BCUT2D eigenvalue weighted by Crippen LogP contribution is 2.31. The number of ether oxygens (including phenoxy) is 3. The highest BCUT2D eigenvalue weighted by Gasteiger charge is 2.47. The lowest BCUT2D eigenvalue weighted by molar-refractivity contribution is -0.131. The molecular weight excluding hydrogens is 448 g/mol. The Hall–Kier alpha value is -2.66. The van der Waals surface area contributed by atoms with Gasteiger partial charge in [-0.25, -0.2) is 13.9 Å². The maximum absolute atomic E-state index is 13.4. The molecule has 180 valence electrons. The monoisotopic (exact) mass is 478 g/mol. The fraction of sp³-hybridized carbons (Fsp3) is 0.435. The van der Waals surface area contributed by atoms with Gasteiger partial charge in [-0.1, -0.05) is 12.1 Å². The Morgan fingerprint density at radius 1 is 1.09 bits per heavy atom. The first kappa shape index (κ1) is 25.0. The molecule has 1 atom stereocenters. The average Bonchev–Trinajstić information content (AvgIpc) is 2.85. The van der Waals surface area contributed by atoms with Gasteiger partial charge in [0.15, 0.2) is 14.6 Å². The Balaban J connectivity index is 1.71. The van der Waals surface area contributed by atoms with Crippen molar-refractivity contribution in [1.29, 1.82) is 0 Å². The lowest BCUT2D eigenvalue weighted by Gasteiger charge is -2.27. The van der Waals surface area contributed by atoms with Crippen molar-refractivity contribution < 1.29 is 32.6 Å². The number of morpholine rings is 1. The fourth-order valence-electron chi connectivity index (χ4n) is 3.64. The number of benzene rings is 2. The van der Waals surface area contributed by atoms with Gasteiger partial charge >= 0.3 is 0 Å². The van der Waals surface area contributed by atoms with E-state index >= 15 is 0 Å². The lowest BCUT2D eigenvalue weighted by atomic mass is 9.99. The van der Waals surface area contributed by atoms with Crippen molar-refractivity contribution in [3.05, 3.63) is 54.1 Å². The zero-order valence-corrected chi connectivity index (χ0v) is 19.6. The van der Waals surface area contributed by atoms with Crippen molar-refractivity contribution in [3.63, 3.8) is 0 Å². The van der Waals surface area contributed by atoms with Gasteiger partial charge in [0.25, 0.3) is 5.91 Å². The van der Waals surface area contributed by atoms with E-state index in [0.29, 0.717) is 23.7 Å². The van der Waals surface area contributed by atoms with Gasteiger partial charge in [-0.05, 0) is 48.9 Å². The summed E-state index contributed by atoms with van der Waals surface area (Å²) in [4.78, 5) is 14.8. The number of carbonyl (C=O) groups is 1. The van der Waals surface area contributed by atoms with E-state index in [0.717, 1.165) is 32.8 Å². The molecule has 0 aliphatic carbocycles. The number of rotatable bonds is 10. The summed E-state index contributed by atoms with van der Waals surface area (Å²) < 4.78 is 41.0. The summed E-state index contributed by atoms with van der Waals surface area (Å²) in [5.74, 6) is 0.133. The number of hydrogen-bond donors (Lipinski definition) is 2. The molecule has 0 bridgehead atoms. The normalized spacial score (nSPS) is 16.6. The minimum Gasteiger partial charge on any atom is -0.497 e. The summed E-state index contributed by atoms with van der Waals surface area (Å²) in [6.07, 6.45) is -0.137. The molecule has 1 fully saturated rings. The van der Waals surface area contributed by atoms with Gasteiger partial charge in [0.05, 0.1) is 25.2 Å². The Kier molecular flexibility index (Phi) is 8.30. The molecule has 0 saturated carbocycles. The number of carbonyl (C=O) groups excluding carboxylic acids is 1. The highest BCUT2D eigenvalue weighted by molar-refractivity contribution is 7.93. The molecule has 0 unspecified atom stereocenters. The van der Waals surface area contributed by atoms with E-state index in [9.17, 15) is 18.4 Å².